The van der Waals surface area contributed by atoms with Crippen LogP contribution in [0.5, 0.6) is 5.75 Å². The Morgan fingerprint density at radius 2 is 2.09 bits per heavy atom. The van der Waals surface area contributed by atoms with Crippen LogP contribution in [0.4, 0.5) is 0 Å². The number of likely N-dealkylation sites (tertiary alicyclic amines) is 1. The number of nitrogens with one attached hydrogen (secondary N) is 1. The maximum absolute atomic E-state index is 11.9. The Bertz CT molecular complexity index is 690. The van der Waals surface area contributed by atoms with Gasteiger partial charge in [0.05, 0.1) is 12.8 Å². The Morgan fingerprint density at radius 3 is 2.78 bits per heavy atom. The van der Waals surface area contributed by atoms with Crippen molar-refractivity contribution in [1.82, 2.24) is 9.88 Å². The lowest BCUT2D eigenvalue weighted by atomic mass is 9.99. The molecule has 1 aromatic heterocycles. The van der Waals surface area contributed by atoms with E-state index in [0.717, 1.165) is 35.0 Å². The first-order chi connectivity index (χ1) is 11.2. The third-order valence-electron chi connectivity index (χ3n) is 4.67. The standard InChI is InChI=1S/C18H24N2O2S/c1-3-14-6-4-5-11-20(14)12-16-17(19-18(21)23-16)13-7-9-15(22-2)10-8-13/h7-10,14H,3-6,11-12H2,1-2H3,(H,19,21). The van der Waals surface area contributed by atoms with E-state index in [1.165, 1.54) is 37.0 Å². The molecular formula is C18H24N2O2S. The lowest BCUT2D eigenvalue weighted by molar-refractivity contribution is 0.137. The van der Waals surface area contributed by atoms with Crippen molar-refractivity contribution in [2.24, 2.45) is 0 Å². The number of ether oxygens (including phenoxy) is 1. The van der Waals surface area contributed by atoms with Gasteiger partial charge in [0, 0.05) is 17.5 Å². The molecule has 5 heteroatoms. The Labute approximate surface area is 141 Å². The average molecular weight is 332 g/mol. The average Bonchev–Trinajstić information content (AvgIpc) is 2.96. The molecule has 1 fully saturated rings. The summed E-state index contributed by atoms with van der Waals surface area (Å²) in [6, 6.07) is 8.53. The first-order valence-corrected chi connectivity index (χ1v) is 9.13. The topological polar surface area (TPSA) is 45.3 Å². The van der Waals surface area contributed by atoms with Gasteiger partial charge in [-0.1, -0.05) is 24.7 Å². The highest BCUT2D eigenvalue weighted by atomic mass is 32.1. The number of hydrogen-bond acceptors (Lipinski definition) is 4. The Balaban J connectivity index is 1.86. The molecule has 1 atom stereocenters. The lowest BCUT2D eigenvalue weighted by Gasteiger charge is -2.35. The van der Waals surface area contributed by atoms with Crippen molar-refractivity contribution in [3.8, 4) is 17.0 Å². The number of benzene rings is 1. The fourth-order valence-electron chi connectivity index (χ4n) is 3.38. The zero-order valence-corrected chi connectivity index (χ0v) is 14.6. The van der Waals surface area contributed by atoms with Crippen molar-refractivity contribution in [3.63, 3.8) is 0 Å². The van der Waals surface area contributed by atoms with Crippen molar-refractivity contribution in [1.29, 1.82) is 0 Å². The van der Waals surface area contributed by atoms with Gasteiger partial charge in [0.25, 0.3) is 0 Å². The number of piperidine rings is 1. The molecule has 0 saturated carbocycles. The van der Waals surface area contributed by atoms with Crippen LogP contribution in [0.25, 0.3) is 11.3 Å². The first-order valence-electron chi connectivity index (χ1n) is 8.31. The van der Waals surface area contributed by atoms with Crippen molar-refractivity contribution in [2.45, 2.75) is 45.2 Å². The molecule has 124 valence electrons. The molecule has 2 heterocycles. The van der Waals surface area contributed by atoms with Crippen LogP contribution >= 0.6 is 11.3 Å². The molecule has 1 aliphatic heterocycles. The van der Waals surface area contributed by atoms with E-state index in [0.29, 0.717) is 6.04 Å². The number of hydrogen-bond donors (Lipinski definition) is 1. The summed E-state index contributed by atoms with van der Waals surface area (Å²) >= 11 is 1.34. The summed E-state index contributed by atoms with van der Waals surface area (Å²) < 4.78 is 5.21. The molecule has 1 N–H and O–H groups in total. The zero-order valence-electron chi connectivity index (χ0n) is 13.8. The quantitative estimate of drug-likeness (QED) is 0.904. The molecule has 1 saturated heterocycles. The minimum atomic E-state index is 0.0240. The molecule has 4 nitrogen and oxygen atoms in total. The maximum Gasteiger partial charge on any atom is 0.305 e. The number of thiazole rings is 1. The molecule has 23 heavy (non-hydrogen) atoms. The first kappa shape index (κ1) is 16.3. The van der Waals surface area contributed by atoms with Gasteiger partial charge < -0.3 is 9.72 Å². The predicted molar refractivity (Wildman–Crippen MR) is 95.3 cm³/mol. The molecule has 0 radical (unpaired) electrons. The fraction of sp³-hybridized carbons (Fsp3) is 0.500. The number of aromatic amines is 1. The van der Waals surface area contributed by atoms with Crippen molar-refractivity contribution in [2.75, 3.05) is 13.7 Å². The second kappa shape index (κ2) is 7.32. The summed E-state index contributed by atoms with van der Waals surface area (Å²) in [7, 11) is 1.66. The maximum atomic E-state index is 11.9. The summed E-state index contributed by atoms with van der Waals surface area (Å²) in [4.78, 5) is 18.6. The van der Waals surface area contributed by atoms with Gasteiger partial charge in [-0.3, -0.25) is 9.69 Å². The van der Waals surface area contributed by atoms with Crippen molar-refractivity contribution < 1.29 is 4.74 Å². The number of aromatic nitrogens is 1. The zero-order chi connectivity index (χ0) is 16.2. The minimum Gasteiger partial charge on any atom is -0.497 e. The van der Waals surface area contributed by atoms with E-state index >= 15 is 0 Å². The van der Waals surface area contributed by atoms with Gasteiger partial charge >= 0.3 is 4.87 Å². The second-order valence-electron chi connectivity index (χ2n) is 6.07. The van der Waals surface area contributed by atoms with Gasteiger partial charge in [0.15, 0.2) is 0 Å². The summed E-state index contributed by atoms with van der Waals surface area (Å²) in [5.41, 5.74) is 2.01. The van der Waals surface area contributed by atoms with Gasteiger partial charge in [-0.05, 0) is 55.6 Å². The van der Waals surface area contributed by atoms with E-state index in [9.17, 15) is 4.79 Å². The largest absolute Gasteiger partial charge is 0.497 e. The van der Waals surface area contributed by atoms with Crippen LogP contribution < -0.4 is 9.61 Å². The molecule has 0 bridgehead atoms. The van der Waals surface area contributed by atoms with Crippen molar-refractivity contribution in [3.05, 3.63) is 38.8 Å². The van der Waals surface area contributed by atoms with E-state index in [4.69, 9.17) is 4.74 Å². The van der Waals surface area contributed by atoms with Crippen LogP contribution in [0.2, 0.25) is 0 Å². The van der Waals surface area contributed by atoms with E-state index in [-0.39, 0.29) is 4.87 Å². The molecule has 1 aliphatic rings. The predicted octanol–water partition coefficient (Wildman–Crippen LogP) is 3.88. The van der Waals surface area contributed by atoms with Crippen LogP contribution in [0.3, 0.4) is 0 Å². The van der Waals surface area contributed by atoms with Crippen LogP contribution in [0.1, 0.15) is 37.5 Å². The summed E-state index contributed by atoms with van der Waals surface area (Å²) in [6.45, 7) is 4.25. The molecule has 0 spiro atoms. The van der Waals surface area contributed by atoms with E-state index in [1.807, 2.05) is 24.3 Å². The Hall–Kier alpha value is -1.59. The van der Waals surface area contributed by atoms with Crippen LogP contribution in [-0.4, -0.2) is 29.6 Å². The highest BCUT2D eigenvalue weighted by Gasteiger charge is 2.23. The van der Waals surface area contributed by atoms with E-state index < -0.39 is 0 Å². The van der Waals surface area contributed by atoms with E-state index in [2.05, 4.69) is 16.8 Å². The third kappa shape index (κ3) is 3.67. The number of methoxy groups -OCH3 is 1. The normalized spacial score (nSPS) is 19.0. The highest BCUT2D eigenvalue weighted by Crippen LogP contribution is 2.29. The van der Waals surface area contributed by atoms with Gasteiger partial charge in [0.1, 0.15) is 5.75 Å². The highest BCUT2D eigenvalue weighted by molar-refractivity contribution is 7.09. The second-order valence-corrected chi connectivity index (χ2v) is 7.14. The molecule has 1 unspecified atom stereocenters. The van der Waals surface area contributed by atoms with Gasteiger partial charge in [-0.15, -0.1) is 0 Å². The number of rotatable bonds is 5. The van der Waals surface area contributed by atoms with Gasteiger partial charge in [-0.25, -0.2) is 0 Å². The monoisotopic (exact) mass is 332 g/mol. The third-order valence-corrected chi connectivity index (χ3v) is 5.53. The van der Waals surface area contributed by atoms with E-state index in [1.54, 1.807) is 7.11 Å². The van der Waals surface area contributed by atoms with Crippen molar-refractivity contribution >= 4 is 11.3 Å². The molecule has 1 aromatic carbocycles. The summed E-state index contributed by atoms with van der Waals surface area (Å²) in [6.07, 6.45) is 5.03. The molecule has 0 aliphatic carbocycles. The fourth-order valence-corrected chi connectivity index (χ4v) is 4.26. The molecule has 0 amide bonds. The van der Waals surface area contributed by atoms with Gasteiger partial charge in [-0.2, -0.15) is 0 Å². The lowest BCUT2D eigenvalue weighted by Crippen LogP contribution is -2.38. The molecule has 2 aromatic rings. The number of H-pyrrole nitrogens is 1. The summed E-state index contributed by atoms with van der Waals surface area (Å²) in [5, 5.41) is 0. The van der Waals surface area contributed by atoms with Crippen LogP contribution in [0.15, 0.2) is 29.1 Å². The molecule has 3 rings (SSSR count). The summed E-state index contributed by atoms with van der Waals surface area (Å²) in [5.74, 6) is 0.829. The van der Waals surface area contributed by atoms with Crippen LogP contribution in [-0.2, 0) is 6.54 Å². The smallest absolute Gasteiger partial charge is 0.305 e. The SMILES string of the molecule is CCC1CCCCN1Cc1sc(=O)[nH]c1-c1ccc(OC)cc1. The Morgan fingerprint density at radius 1 is 1.30 bits per heavy atom. The number of nitrogens with zero attached hydrogens (tertiary/aromatic N) is 1. The minimum absolute atomic E-state index is 0.0240. The van der Waals surface area contributed by atoms with Crippen LogP contribution in [0, 0.1) is 0 Å². The van der Waals surface area contributed by atoms with Gasteiger partial charge in [0.2, 0.25) is 0 Å². The molecular weight excluding hydrogens is 308 g/mol. The Kier molecular flexibility index (Phi) is 5.18.